The van der Waals surface area contributed by atoms with Gasteiger partial charge in [-0.3, -0.25) is 20.2 Å². The Morgan fingerprint density at radius 3 is 2.57 bits per heavy atom. The van der Waals surface area contributed by atoms with E-state index in [2.05, 4.69) is 10.3 Å². The molecule has 1 aromatic heterocycles. The summed E-state index contributed by atoms with van der Waals surface area (Å²) in [7, 11) is -3.91. The number of sulfone groups is 1. The molecule has 0 aliphatic rings. The molecule has 30 heavy (non-hydrogen) atoms. The minimum atomic E-state index is -3.91. The lowest BCUT2D eigenvalue weighted by Gasteiger charge is -2.09. The van der Waals surface area contributed by atoms with Crippen LogP contribution in [0.5, 0.6) is 5.75 Å². The Morgan fingerprint density at radius 1 is 1.20 bits per heavy atom. The fourth-order valence-electron chi connectivity index (χ4n) is 2.47. The van der Waals surface area contributed by atoms with E-state index in [1.54, 1.807) is 0 Å². The molecule has 0 fully saturated rings. The summed E-state index contributed by atoms with van der Waals surface area (Å²) in [5.41, 5.74) is 1.67. The third-order valence-electron chi connectivity index (χ3n) is 4.06. The van der Waals surface area contributed by atoms with Crippen LogP contribution in [0.2, 0.25) is 0 Å². The normalized spacial score (nSPS) is 11.1. The third kappa shape index (κ3) is 4.81. The molecule has 0 spiro atoms. The van der Waals surface area contributed by atoms with E-state index >= 15 is 0 Å². The number of rotatable bonds is 7. The first kappa shape index (κ1) is 21.4. The number of hydrogen-bond donors (Lipinski definition) is 1. The SMILES string of the molecule is Cc1ccc(C)c(OCC(=O)Nc2ncc(S(=O)(=O)c3ccc([N+](=O)[O-])cc3)s2)c1. The van der Waals surface area contributed by atoms with Gasteiger partial charge in [-0.25, -0.2) is 13.4 Å². The van der Waals surface area contributed by atoms with Crippen molar-refractivity contribution in [2.24, 2.45) is 0 Å². The molecule has 3 aromatic rings. The van der Waals surface area contributed by atoms with E-state index in [4.69, 9.17) is 4.74 Å². The molecule has 9 nitrogen and oxygen atoms in total. The maximum Gasteiger partial charge on any atom is 0.269 e. The van der Waals surface area contributed by atoms with Crippen molar-refractivity contribution in [1.29, 1.82) is 0 Å². The van der Waals surface area contributed by atoms with Crippen molar-refractivity contribution < 1.29 is 22.9 Å². The van der Waals surface area contributed by atoms with Crippen LogP contribution in [0.1, 0.15) is 11.1 Å². The molecule has 1 amide bonds. The molecule has 0 saturated heterocycles. The molecular weight excluding hydrogens is 430 g/mol. The van der Waals surface area contributed by atoms with E-state index in [1.165, 1.54) is 0 Å². The summed E-state index contributed by atoms with van der Waals surface area (Å²) in [6.45, 7) is 3.52. The number of ether oxygens (including phenoxy) is 1. The maximum atomic E-state index is 12.7. The zero-order valence-corrected chi connectivity index (χ0v) is 17.6. The average Bonchev–Trinajstić information content (AvgIpc) is 3.18. The molecule has 0 atom stereocenters. The number of thiazole rings is 1. The van der Waals surface area contributed by atoms with Crippen LogP contribution < -0.4 is 10.1 Å². The van der Waals surface area contributed by atoms with E-state index in [0.29, 0.717) is 5.75 Å². The van der Waals surface area contributed by atoms with Crippen LogP contribution in [-0.4, -0.2) is 30.8 Å². The van der Waals surface area contributed by atoms with Crippen molar-refractivity contribution in [3.63, 3.8) is 0 Å². The minimum Gasteiger partial charge on any atom is -0.483 e. The van der Waals surface area contributed by atoms with Gasteiger partial charge in [0.1, 0.15) is 9.96 Å². The highest BCUT2D eigenvalue weighted by molar-refractivity contribution is 7.93. The quantitative estimate of drug-likeness (QED) is 0.433. The lowest BCUT2D eigenvalue weighted by atomic mass is 10.1. The standard InChI is InChI=1S/C19H17N3O6S2/c1-12-3-4-13(2)16(9-12)28-11-17(23)21-19-20-10-18(29-19)30(26,27)15-7-5-14(6-8-15)22(24)25/h3-10H,11H2,1-2H3,(H,20,21,23). The first-order chi connectivity index (χ1) is 14.2. The van der Waals surface area contributed by atoms with Crippen molar-refractivity contribution in [3.8, 4) is 5.75 Å². The van der Waals surface area contributed by atoms with E-state index in [9.17, 15) is 23.3 Å². The van der Waals surface area contributed by atoms with Gasteiger partial charge in [-0.15, -0.1) is 0 Å². The number of hydrogen-bond acceptors (Lipinski definition) is 8. The number of carbonyl (C=O) groups excluding carboxylic acids is 1. The summed E-state index contributed by atoms with van der Waals surface area (Å²) < 4.78 is 30.7. The van der Waals surface area contributed by atoms with Crippen LogP contribution in [0.4, 0.5) is 10.8 Å². The van der Waals surface area contributed by atoms with Crippen molar-refractivity contribution in [1.82, 2.24) is 4.98 Å². The Balaban J connectivity index is 1.67. The molecule has 0 unspecified atom stereocenters. The largest absolute Gasteiger partial charge is 0.483 e. The predicted molar refractivity (Wildman–Crippen MR) is 111 cm³/mol. The Labute approximate surface area is 176 Å². The second-order valence-electron chi connectivity index (χ2n) is 6.34. The van der Waals surface area contributed by atoms with Crippen LogP contribution in [-0.2, 0) is 14.6 Å². The number of non-ortho nitro benzene ring substituents is 1. The molecular formula is C19H17N3O6S2. The molecule has 156 valence electrons. The van der Waals surface area contributed by atoms with Crippen LogP contribution >= 0.6 is 11.3 Å². The molecule has 0 aliphatic carbocycles. The van der Waals surface area contributed by atoms with Gasteiger partial charge in [0.15, 0.2) is 11.7 Å². The number of nitrogens with zero attached hydrogens (tertiary/aromatic N) is 2. The van der Waals surface area contributed by atoms with E-state index in [-0.39, 0.29) is 26.5 Å². The highest BCUT2D eigenvalue weighted by atomic mass is 32.2. The number of nitro benzene ring substituents is 1. The minimum absolute atomic E-state index is 0.0953. The molecule has 0 radical (unpaired) electrons. The molecule has 1 heterocycles. The number of amides is 1. The van der Waals surface area contributed by atoms with Gasteiger partial charge in [0.2, 0.25) is 9.84 Å². The summed E-state index contributed by atoms with van der Waals surface area (Å²) in [5, 5.41) is 13.3. The van der Waals surface area contributed by atoms with E-state index < -0.39 is 20.7 Å². The molecule has 0 aliphatic heterocycles. The van der Waals surface area contributed by atoms with Gasteiger partial charge >= 0.3 is 0 Å². The highest BCUT2D eigenvalue weighted by Gasteiger charge is 2.22. The van der Waals surface area contributed by atoms with Crippen molar-refractivity contribution >= 4 is 37.9 Å². The Bertz CT molecular complexity index is 1200. The summed E-state index contributed by atoms with van der Waals surface area (Å²) in [5.74, 6) is 0.107. The molecule has 3 rings (SSSR count). The topological polar surface area (TPSA) is 128 Å². The van der Waals surface area contributed by atoms with Crippen LogP contribution in [0, 0.1) is 24.0 Å². The van der Waals surface area contributed by atoms with Gasteiger partial charge in [0.25, 0.3) is 11.6 Å². The van der Waals surface area contributed by atoms with Gasteiger partial charge in [0.05, 0.1) is 16.0 Å². The average molecular weight is 447 g/mol. The van der Waals surface area contributed by atoms with E-state index in [0.717, 1.165) is 52.9 Å². The van der Waals surface area contributed by atoms with Crippen LogP contribution in [0.3, 0.4) is 0 Å². The number of aryl methyl sites for hydroxylation is 2. The highest BCUT2D eigenvalue weighted by Crippen LogP contribution is 2.29. The number of anilines is 1. The van der Waals surface area contributed by atoms with Gasteiger partial charge in [0, 0.05) is 12.1 Å². The van der Waals surface area contributed by atoms with Gasteiger partial charge in [-0.2, -0.15) is 0 Å². The fraction of sp³-hybridized carbons (Fsp3) is 0.158. The zero-order valence-electron chi connectivity index (χ0n) is 16.0. The number of nitro groups is 1. The Hall–Kier alpha value is -3.31. The number of nitrogens with one attached hydrogen (secondary N) is 1. The zero-order chi connectivity index (χ0) is 21.9. The number of benzene rings is 2. The van der Waals surface area contributed by atoms with Crippen LogP contribution in [0.15, 0.2) is 57.8 Å². The molecule has 1 N–H and O–H groups in total. The third-order valence-corrected chi connectivity index (χ3v) is 7.20. The predicted octanol–water partition coefficient (Wildman–Crippen LogP) is 3.52. The second-order valence-corrected chi connectivity index (χ2v) is 9.55. The van der Waals surface area contributed by atoms with Crippen molar-refractivity contribution in [2.45, 2.75) is 23.0 Å². The fourth-order valence-corrected chi connectivity index (χ4v) is 4.91. The molecule has 0 saturated carbocycles. The first-order valence-electron chi connectivity index (χ1n) is 8.62. The Morgan fingerprint density at radius 2 is 1.90 bits per heavy atom. The lowest BCUT2D eigenvalue weighted by Crippen LogP contribution is -2.20. The smallest absolute Gasteiger partial charge is 0.269 e. The van der Waals surface area contributed by atoms with Gasteiger partial charge in [-0.05, 0) is 43.2 Å². The Kier molecular flexibility index (Phi) is 6.13. The molecule has 2 aromatic carbocycles. The van der Waals surface area contributed by atoms with Gasteiger partial charge in [-0.1, -0.05) is 23.5 Å². The number of aromatic nitrogens is 1. The maximum absolute atomic E-state index is 12.7. The summed E-state index contributed by atoms with van der Waals surface area (Å²) in [6.07, 6.45) is 1.13. The molecule has 0 bridgehead atoms. The summed E-state index contributed by atoms with van der Waals surface area (Å²) >= 11 is 0.780. The summed E-state index contributed by atoms with van der Waals surface area (Å²) in [6, 6.07) is 10.2. The summed E-state index contributed by atoms with van der Waals surface area (Å²) in [4.78, 5) is 26.1. The van der Waals surface area contributed by atoms with Crippen LogP contribution in [0.25, 0.3) is 0 Å². The second kappa shape index (κ2) is 8.59. The lowest BCUT2D eigenvalue weighted by molar-refractivity contribution is -0.384. The molecule has 11 heteroatoms. The van der Waals surface area contributed by atoms with Gasteiger partial charge < -0.3 is 4.74 Å². The first-order valence-corrected chi connectivity index (χ1v) is 10.9. The number of carbonyl (C=O) groups is 1. The monoisotopic (exact) mass is 447 g/mol. The van der Waals surface area contributed by atoms with Crippen molar-refractivity contribution in [2.75, 3.05) is 11.9 Å². The van der Waals surface area contributed by atoms with Crippen molar-refractivity contribution in [3.05, 3.63) is 69.9 Å². The van der Waals surface area contributed by atoms with E-state index in [1.807, 2.05) is 32.0 Å².